The predicted octanol–water partition coefficient (Wildman–Crippen LogP) is 3.15. The van der Waals surface area contributed by atoms with E-state index in [-0.39, 0.29) is 0 Å². The molecule has 0 amide bonds. The summed E-state index contributed by atoms with van der Waals surface area (Å²) in [6.07, 6.45) is 6.98. The lowest BCUT2D eigenvalue weighted by molar-refractivity contribution is 0.185. The summed E-state index contributed by atoms with van der Waals surface area (Å²) in [6, 6.07) is 0. The maximum absolute atomic E-state index is 4.65. The summed E-state index contributed by atoms with van der Waals surface area (Å²) in [4.78, 5) is 9.84. The number of rotatable bonds is 3. The predicted molar refractivity (Wildman–Crippen MR) is 82.1 cm³/mol. The minimum Gasteiger partial charge on any atom is -0.348 e. The van der Waals surface area contributed by atoms with E-state index in [0.29, 0.717) is 0 Å². The Balaban J connectivity index is 1.55. The third-order valence-corrected chi connectivity index (χ3v) is 5.38. The SMILES string of the molecule is Cc1csc(N2CCCC(CN3CCCCC3)C2)n1. The first-order valence-corrected chi connectivity index (χ1v) is 8.58. The fourth-order valence-electron chi connectivity index (χ4n) is 3.38. The average Bonchev–Trinajstić information content (AvgIpc) is 2.87. The summed E-state index contributed by atoms with van der Waals surface area (Å²) >= 11 is 1.81. The molecule has 4 heteroatoms. The van der Waals surface area contributed by atoms with Crippen LogP contribution in [-0.4, -0.2) is 42.6 Å². The zero-order valence-corrected chi connectivity index (χ0v) is 12.8. The van der Waals surface area contributed by atoms with Gasteiger partial charge in [0.05, 0.1) is 5.69 Å². The van der Waals surface area contributed by atoms with Crippen molar-refractivity contribution < 1.29 is 0 Å². The third kappa shape index (κ3) is 3.48. The van der Waals surface area contributed by atoms with Gasteiger partial charge < -0.3 is 9.80 Å². The topological polar surface area (TPSA) is 19.4 Å². The molecule has 2 saturated heterocycles. The van der Waals surface area contributed by atoms with Gasteiger partial charge in [0.25, 0.3) is 0 Å². The zero-order valence-electron chi connectivity index (χ0n) is 12.0. The fraction of sp³-hybridized carbons (Fsp3) is 0.800. The van der Waals surface area contributed by atoms with Crippen LogP contribution < -0.4 is 4.90 Å². The summed E-state index contributed by atoms with van der Waals surface area (Å²) in [6.45, 7) is 8.46. The summed E-state index contributed by atoms with van der Waals surface area (Å²) in [7, 11) is 0. The third-order valence-electron chi connectivity index (χ3n) is 4.36. The van der Waals surface area contributed by atoms with Crippen molar-refractivity contribution in [3.63, 3.8) is 0 Å². The number of likely N-dealkylation sites (tertiary alicyclic amines) is 1. The highest BCUT2D eigenvalue weighted by Crippen LogP contribution is 2.27. The molecule has 1 aromatic heterocycles. The molecule has 0 bridgehead atoms. The van der Waals surface area contributed by atoms with Crippen LogP contribution in [0.5, 0.6) is 0 Å². The Labute approximate surface area is 120 Å². The Morgan fingerprint density at radius 3 is 2.79 bits per heavy atom. The maximum Gasteiger partial charge on any atom is 0.185 e. The molecule has 0 radical (unpaired) electrons. The Kier molecular flexibility index (Phi) is 4.38. The molecule has 0 aromatic carbocycles. The van der Waals surface area contributed by atoms with E-state index < -0.39 is 0 Å². The van der Waals surface area contributed by atoms with Crippen LogP contribution in [0.1, 0.15) is 37.8 Å². The molecule has 2 aliphatic heterocycles. The van der Waals surface area contributed by atoms with Crippen molar-refractivity contribution in [3.8, 4) is 0 Å². The van der Waals surface area contributed by atoms with E-state index in [9.17, 15) is 0 Å². The van der Waals surface area contributed by atoms with Crippen LogP contribution in [0.2, 0.25) is 0 Å². The van der Waals surface area contributed by atoms with Crippen molar-refractivity contribution in [2.24, 2.45) is 5.92 Å². The van der Waals surface area contributed by atoms with Gasteiger partial charge in [-0.1, -0.05) is 6.42 Å². The maximum atomic E-state index is 4.65. The van der Waals surface area contributed by atoms with E-state index in [0.717, 1.165) is 11.6 Å². The van der Waals surface area contributed by atoms with Crippen LogP contribution in [0.3, 0.4) is 0 Å². The highest BCUT2D eigenvalue weighted by atomic mass is 32.1. The van der Waals surface area contributed by atoms with E-state index in [1.54, 1.807) is 11.3 Å². The number of anilines is 1. The molecule has 2 fully saturated rings. The number of nitrogens with zero attached hydrogens (tertiary/aromatic N) is 3. The van der Waals surface area contributed by atoms with E-state index >= 15 is 0 Å². The molecule has 0 spiro atoms. The second-order valence-corrected chi connectivity index (χ2v) is 6.92. The minimum atomic E-state index is 0.844. The van der Waals surface area contributed by atoms with Gasteiger partial charge in [0.2, 0.25) is 0 Å². The van der Waals surface area contributed by atoms with Gasteiger partial charge in [-0.05, 0) is 51.6 Å². The van der Waals surface area contributed by atoms with Crippen LogP contribution in [-0.2, 0) is 0 Å². The van der Waals surface area contributed by atoms with E-state index in [1.807, 2.05) is 0 Å². The monoisotopic (exact) mass is 279 g/mol. The number of piperidine rings is 2. The molecule has 3 nitrogen and oxygen atoms in total. The van der Waals surface area contributed by atoms with Crippen LogP contribution in [0.4, 0.5) is 5.13 Å². The number of aryl methyl sites for hydroxylation is 1. The first kappa shape index (κ1) is 13.4. The van der Waals surface area contributed by atoms with Gasteiger partial charge >= 0.3 is 0 Å². The molecule has 1 aromatic rings. The minimum absolute atomic E-state index is 0.844. The second-order valence-electron chi connectivity index (χ2n) is 6.09. The molecule has 3 heterocycles. The molecule has 3 rings (SSSR count). The number of hydrogen-bond donors (Lipinski definition) is 0. The quantitative estimate of drug-likeness (QED) is 0.847. The lowest BCUT2D eigenvalue weighted by Gasteiger charge is -2.36. The van der Waals surface area contributed by atoms with Crippen molar-refractivity contribution >= 4 is 16.5 Å². The standard InChI is InChI=1S/C15H25N3S/c1-13-12-19-15(16-13)18-9-5-6-14(11-18)10-17-7-3-2-4-8-17/h12,14H,2-11H2,1H3. The van der Waals surface area contributed by atoms with Crippen molar-refractivity contribution in [2.75, 3.05) is 37.6 Å². The first-order chi connectivity index (χ1) is 9.31. The Morgan fingerprint density at radius 1 is 1.21 bits per heavy atom. The summed E-state index contributed by atoms with van der Waals surface area (Å²) in [5.41, 5.74) is 1.16. The molecule has 2 aliphatic rings. The van der Waals surface area contributed by atoms with Crippen LogP contribution in [0.15, 0.2) is 5.38 Å². The number of hydrogen-bond acceptors (Lipinski definition) is 4. The molecule has 1 unspecified atom stereocenters. The highest BCUT2D eigenvalue weighted by Gasteiger charge is 2.24. The van der Waals surface area contributed by atoms with E-state index in [1.165, 1.54) is 70.0 Å². The molecule has 19 heavy (non-hydrogen) atoms. The van der Waals surface area contributed by atoms with Crippen molar-refractivity contribution in [1.29, 1.82) is 0 Å². The largest absolute Gasteiger partial charge is 0.348 e. The van der Waals surface area contributed by atoms with Gasteiger partial charge in [-0.3, -0.25) is 0 Å². The molecule has 0 N–H and O–H groups in total. The average molecular weight is 279 g/mol. The zero-order chi connectivity index (χ0) is 13.1. The summed E-state index contributed by atoms with van der Waals surface area (Å²) in [5, 5.41) is 3.41. The normalized spacial score (nSPS) is 25.7. The molecule has 106 valence electrons. The fourth-order valence-corrected chi connectivity index (χ4v) is 4.22. The van der Waals surface area contributed by atoms with Crippen LogP contribution in [0, 0.1) is 12.8 Å². The second kappa shape index (κ2) is 6.23. The smallest absolute Gasteiger partial charge is 0.185 e. The summed E-state index contributed by atoms with van der Waals surface area (Å²) in [5.74, 6) is 0.844. The van der Waals surface area contributed by atoms with Gasteiger partial charge in [-0.25, -0.2) is 4.98 Å². The molecule has 1 atom stereocenters. The lowest BCUT2D eigenvalue weighted by Crippen LogP contribution is -2.42. The molecule has 0 saturated carbocycles. The van der Waals surface area contributed by atoms with E-state index in [2.05, 4.69) is 27.1 Å². The van der Waals surface area contributed by atoms with Crippen molar-refractivity contribution in [1.82, 2.24) is 9.88 Å². The Bertz CT molecular complexity index is 398. The van der Waals surface area contributed by atoms with Gasteiger partial charge in [-0.15, -0.1) is 11.3 Å². The molecular weight excluding hydrogens is 254 g/mol. The molecular formula is C15H25N3S. The number of thiazole rings is 1. The number of aromatic nitrogens is 1. The van der Waals surface area contributed by atoms with Gasteiger partial charge in [0.1, 0.15) is 0 Å². The first-order valence-electron chi connectivity index (χ1n) is 7.71. The van der Waals surface area contributed by atoms with Crippen LogP contribution >= 0.6 is 11.3 Å². The highest BCUT2D eigenvalue weighted by molar-refractivity contribution is 7.13. The summed E-state index contributed by atoms with van der Waals surface area (Å²) < 4.78 is 0. The Hall–Kier alpha value is -0.610. The van der Waals surface area contributed by atoms with Crippen molar-refractivity contribution in [2.45, 2.75) is 39.0 Å². The Morgan fingerprint density at radius 2 is 2.05 bits per heavy atom. The van der Waals surface area contributed by atoms with Gasteiger partial charge in [-0.2, -0.15) is 0 Å². The van der Waals surface area contributed by atoms with Crippen molar-refractivity contribution in [3.05, 3.63) is 11.1 Å². The van der Waals surface area contributed by atoms with E-state index in [4.69, 9.17) is 0 Å². The van der Waals surface area contributed by atoms with Gasteiger partial charge in [0, 0.05) is 25.0 Å². The van der Waals surface area contributed by atoms with Gasteiger partial charge in [0.15, 0.2) is 5.13 Å². The molecule has 0 aliphatic carbocycles. The lowest BCUT2D eigenvalue weighted by atomic mass is 9.97. The van der Waals surface area contributed by atoms with Crippen LogP contribution in [0.25, 0.3) is 0 Å².